The van der Waals surface area contributed by atoms with Gasteiger partial charge in [0.05, 0.1) is 5.56 Å². The molecule has 5 heteroatoms. The molecule has 154 valence electrons. The lowest BCUT2D eigenvalue weighted by Crippen LogP contribution is -2.44. The van der Waals surface area contributed by atoms with Gasteiger partial charge in [0.1, 0.15) is 0 Å². The average molecular weight is 411 g/mol. The number of piperidine rings is 1. The van der Waals surface area contributed by atoms with Gasteiger partial charge in [-0.3, -0.25) is 9.59 Å². The number of hydrogen-bond acceptors (Lipinski definition) is 3. The molecule has 0 unspecified atom stereocenters. The lowest BCUT2D eigenvalue weighted by molar-refractivity contribution is -0.131. The zero-order chi connectivity index (χ0) is 20.4. The Morgan fingerprint density at radius 1 is 1.14 bits per heavy atom. The third kappa shape index (κ3) is 3.73. The number of thiophene rings is 1. The van der Waals surface area contributed by atoms with Crippen LogP contribution in [-0.2, 0) is 10.2 Å². The van der Waals surface area contributed by atoms with Gasteiger partial charge in [0.15, 0.2) is 0 Å². The molecule has 2 aromatic rings. The molecule has 1 aliphatic heterocycles. The molecule has 1 aromatic heterocycles. The largest absolute Gasteiger partial charge is 0.343 e. The molecular formula is C24H30N2O2S. The highest BCUT2D eigenvalue weighted by Gasteiger charge is 2.46. The highest BCUT2D eigenvalue weighted by Crippen LogP contribution is 2.52. The summed E-state index contributed by atoms with van der Waals surface area (Å²) >= 11 is 1.57. The first-order valence-corrected chi connectivity index (χ1v) is 11.7. The fraction of sp³-hybridized carbons (Fsp3) is 0.500. The van der Waals surface area contributed by atoms with E-state index in [1.54, 1.807) is 11.3 Å². The number of benzene rings is 1. The molecule has 29 heavy (non-hydrogen) atoms. The van der Waals surface area contributed by atoms with Gasteiger partial charge in [0, 0.05) is 38.0 Å². The van der Waals surface area contributed by atoms with E-state index in [-0.39, 0.29) is 17.2 Å². The minimum atomic E-state index is 0.107. The van der Waals surface area contributed by atoms with E-state index in [1.165, 1.54) is 11.1 Å². The summed E-state index contributed by atoms with van der Waals surface area (Å²) in [5.74, 6) is 0.705. The Labute approximate surface area is 177 Å². The molecular weight excluding hydrogens is 380 g/mol. The van der Waals surface area contributed by atoms with Crippen molar-refractivity contribution in [1.82, 2.24) is 9.80 Å². The summed E-state index contributed by atoms with van der Waals surface area (Å²) in [6.45, 7) is 7.22. The van der Waals surface area contributed by atoms with Crippen LogP contribution in [0.15, 0.2) is 41.1 Å². The van der Waals surface area contributed by atoms with Crippen LogP contribution in [0, 0.1) is 0 Å². The molecule has 1 aromatic carbocycles. The van der Waals surface area contributed by atoms with Crippen LogP contribution in [0.4, 0.5) is 0 Å². The number of carbonyl (C=O) groups excluding carboxylic acids is 2. The second-order valence-corrected chi connectivity index (χ2v) is 9.12. The van der Waals surface area contributed by atoms with E-state index in [0.29, 0.717) is 12.3 Å². The first-order chi connectivity index (χ1) is 14.1. The van der Waals surface area contributed by atoms with Gasteiger partial charge in [-0.1, -0.05) is 24.3 Å². The smallest absolute Gasteiger partial charge is 0.254 e. The van der Waals surface area contributed by atoms with E-state index in [9.17, 15) is 9.59 Å². The van der Waals surface area contributed by atoms with E-state index in [1.807, 2.05) is 40.5 Å². The lowest BCUT2D eigenvalue weighted by Gasteiger charge is -2.40. The molecule has 1 fully saturated rings. The molecule has 1 saturated heterocycles. The van der Waals surface area contributed by atoms with Crippen LogP contribution in [0.25, 0.3) is 0 Å². The van der Waals surface area contributed by atoms with Crippen molar-refractivity contribution in [1.29, 1.82) is 0 Å². The highest BCUT2D eigenvalue weighted by atomic mass is 32.1. The predicted octanol–water partition coefficient (Wildman–Crippen LogP) is 4.67. The summed E-state index contributed by atoms with van der Waals surface area (Å²) < 4.78 is 0. The molecule has 2 aliphatic rings. The fourth-order valence-electron chi connectivity index (χ4n) is 5.31. The summed E-state index contributed by atoms with van der Waals surface area (Å²) in [7, 11) is 0. The number of likely N-dealkylation sites (tertiary alicyclic amines) is 1. The first kappa shape index (κ1) is 20.1. The first-order valence-electron chi connectivity index (χ1n) is 10.8. The Balaban J connectivity index is 1.50. The Bertz CT molecular complexity index is 865. The van der Waals surface area contributed by atoms with Gasteiger partial charge < -0.3 is 9.80 Å². The van der Waals surface area contributed by atoms with Crippen LogP contribution < -0.4 is 0 Å². The standard InChI is InChI=1S/C24H30N2O2S/c1-3-25(4-2)22(27)15-19-16-24(21-8-6-5-7-20(19)21)10-12-26(13-11-24)23(28)18-9-14-29-17-18/h5-9,14,17,19H,3-4,10-13,15-16H2,1-2H3/t19-/m1/s1. The van der Waals surface area contributed by atoms with Gasteiger partial charge in [-0.2, -0.15) is 11.3 Å². The number of amides is 2. The van der Waals surface area contributed by atoms with Gasteiger partial charge in [0.2, 0.25) is 5.91 Å². The molecule has 1 atom stereocenters. The normalized spacial score (nSPS) is 19.9. The maximum atomic E-state index is 12.8. The quantitative estimate of drug-likeness (QED) is 0.719. The van der Waals surface area contributed by atoms with E-state index in [4.69, 9.17) is 0 Å². The Kier molecular flexibility index (Phi) is 5.77. The number of hydrogen-bond donors (Lipinski definition) is 0. The maximum absolute atomic E-state index is 12.8. The molecule has 2 heterocycles. The Morgan fingerprint density at radius 3 is 2.52 bits per heavy atom. The van der Waals surface area contributed by atoms with E-state index in [0.717, 1.165) is 51.0 Å². The van der Waals surface area contributed by atoms with Crippen molar-refractivity contribution in [2.24, 2.45) is 0 Å². The summed E-state index contributed by atoms with van der Waals surface area (Å²) in [4.78, 5) is 29.5. The van der Waals surface area contributed by atoms with Gasteiger partial charge in [-0.25, -0.2) is 0 Å². The zero-order valence-electron chi connectivity index (χ0n) is 17.4. The molecule has 1 spiro atoms. The molecule has 0 saturated carbocycles. The Morgan fingerprint density at radius 2 is 1.86 bits per heavy atom. The monoisotopic (exact) mass is 410 g/mol. The minimum Gasteiger partial charge on any atom is -0.343 e. The van der Waals surface area contributed by atoms with E-state index in [2.05, 4.69) is 24.3 Å². The lowest BCUT2D eigenvalue weighted by atomic mass is 9.73. The third-order valence-electron chi connectivity index (χ3n) is 6.92. The van der Waals surface area contributed by atoms with Gasteiger partial charge in [0.25, 0.3) is 5.91 Å². The van der Waals surface area contributed by atoms with Gasteiger partial charge in [-0.15, -0.1) is 0 Å². The van der Waals surface area contributed by atoms with Gasteiger partial charge >= 0.3 is 0 Å². The van der Waals surface area contributed by atoms with Crippen molar-refractivity contribution in [3.63, 3.8) is 0 Å². The number of fused-ring (bicyclic) bond motifs is 2. The Hall–Kier alpha value is -2.14. The average Bonchev–Trinajstić information content (AvgIpc) is 3.37. The highest BCUT2D eigenvalue weighted by molar-refractivity contribution is 7.08. The topological polar surface area (TPSA) is 40.6 Å². The second-order valence-electron chi connectivity index (χ2n) is 8.34. The van der Waals surface area contributed by atoms with Crippen LogP contribution in [-0.4, -0.2) is 47.8 Å². The van der Waals surface area contributed by atoms with Gasteiger partial charge in [-0.05, 0) is 67.0 Å². The fourth-order valence-corrected chi connectivity index (χ4v) is 5.94. The number of carbonyl (C=O) groups is 2. The molecule has 4 rings (SSSR count). The summed E-state index contributed by atoms with van der Waals surface area (Å²) in [5, 5.41) is 3.90. The SMILES string of the molecule is CCN(CC)C(=O)C[C@@H]1CC2(CCN(C(=O)c3ccsc3)CC2)c2ccccc21. The van der Waals surface area contributed by atoms with Crippen LogP contribution >= 0.6 is 11.3 Å². The zero-order valence-corrected chi connectivity index (χ0v) is 18.2. The second kappa shape index (κ2) is 8.31. The third-order valence-corrected chi connectivity index (χ3v) is 7.61. The summed E-state index contributed by atoms with van der Waals surface area (Å²) in [6.07, 6.45) is 3.59. The van der Waals surface area contributed by atoms with Crippen molar-refractivity contribution >= 4 is 23.2 Å². The van der Waals surface area contributed by atoms with Crippen molar-refractivity contribution in [2.45, 2.75) is 50.9 Å². The van der Waals surface area contributed by atoms with E-state index >= 15 is 0 Å². The van der Waals surface area contributed by atoms with Crippen LogP contribution in [0.5, 0.6) is 0 Å². The number of rotatable bonds is 5. The minimum absolute atomic E-state index is 0.107. The van der Waals surface area contributed by atoms with Crippen molar-refractivity contribution in [3.05, 3.63) is 57.8 Å². The molecule has 4 nitrogen and oxygen atoms in total. The summed E-state index contributed by atoms with van der Waals surface area (Å²) in [5.41, 5.74) is 3.68. The van der Waals surface area contributed by atoms with Crippen LogP contribution in [0.2, 0.25) is 0 Å². The molecule has 1 aliphatic carbocycles. The van der Waals surface area contributed by atoms with Crippen molar-refractivity contribution in [2.75, 3.05) is 26.2 Å². The summed E-state index contributed by atoms with van der Waals surface area (Å²) in [6, 6.07) is 10.6. The number of nitrogens with zero attached hydrogens (tertiary/aromatic N) is 2. The van der Waals surface area contributed by atoms with E-state index < -0.39 is 0 Å². The molecule has 2 amide bonds. The maximum Gasteiger partial charge on any atom is 0.254 e. The van der Waals surface area contributed by atoms with Crippen LogP contribution in [0.1, 0.15) is 66.9 Å². The van der Waals surface area contributed by atoms with Crippen molar-refractivity contribution in [3.8, 4) is 0 Å². The van der Waals surface area contributed by atoms with Crippen LogP contribution in [0.3, 0.4) is 0 Å². The molecule has 0 radical (unpaired) electrons. The predicted molar refractivity (Wildman–Crippen MR) is 117 cm³/mol. The molecule has 0 bridgehead atoms. The van der Waals surface area contributed by atoms with Crippen molar-refractivity contribution < 1.29 is 9.59 Å². The molecule has 0 N–H and O–H groups in total.